The third kappa shape index (κ3) is 3.37. The number of imide groups is 2. The largest absolute Gasteiger partial charge is 0.274 e. The minimum atomic E-state index is -1.20. The highest BCUT2D eigenvalue weighted by Gasteiger charge is 2.68. The molecule has 0 spiro atoms. The van der Waals surface area contributed by atoms with Crippen LogP contribution < -0.4 is 4.90 Å². The maximum absolute atomic E-state index is 14.8. The lowest BCUT2D eigenvalue weighted by atomic mass is 9.47. The standard InChI is InChI=1S/C44H31N3O4/c1-23-18-20-24(21-19-23)46-40(48)38-35-29-14-6-8-16-31(29)44(39(38)43(46)51,32-17-9-7-15-30(32)35)22-45-47-41(49)36-33-25-10-2-3-11-26(25)34(37(36)42(47)50)28-13-5-4-12-27(28)33/h2-22,33-39H,1H3/b45-22-/t33?,34?,35?,36-,37+,38-,39+,44?/m1/s1. The van der Waals surface area contributed by atoms with Gasteiger partial charge in [-0.25, -0.2) is 4.90 Å². The van der Waals surface area contributed by atoms with Crippen LogP contribution in [-0.4, -0.2) is 34.9 Å². The molecule has 13 rings (SSSR count). The van der Waals surface area contributed by atoms with E-state index in [9.17, 15) is 19.2 Å². The van der Waals surface area contributed by atoms with Gasteiger partial charge >= 0.3 is 0 Å². The second kappa shape index (κ2) is 9.85. The van der Waals surface area contributed by atoms with E-state index in [0.29, 0.717) is 5.69 Å². The molecule has 0 N–H and O–H groups in total. The quantitative estimate of drug-likeness (QED) is 0.164. The van der Waals surface area contributed by atoms with E-state index in [1.807, 2.05) is 104 Å². The molecule has 4 amide bonds. The van der Waals surface area contributed by atoms with Gasteiger partial charge in [0.15, 0.2) is 0 Å². The van der Waals surface area contributed by atoms with Crippen molar-refractivity contribution in [3.05, 3.63) is 171 Å². The molecular formula is C44H31N3O4. The summed E-state index contributed by atoms with van der Waals surface area (Å²) in [4.78, 5) is 59.9. The number of carbonyl (C=O) groups is 4. The first kappa shape index (κ1) is 28.8. The van der Waals surface area contributed by atoms with Crippen LogP contribution in [0.3, 0.4) is 0 Å². The smallest absolute Gasteiger partial charge is 0.254 e. The Bertz CT molecular complexity index is 2290. The summed E-state index contributed by atoms with van der Waals surface area (Å²) < 4.78 is 0. The number of hydrazone groups is 1. The molecule has 0 aromatic heterocycles. The van der Waals surface area contributed by atoms with Gasteiger partial charge in [-0.05, 0) is 63.6 Å². The lowest BCUT2D eigenvalue weighted by Gasteiger charge is -2.52. The van der Waals surface area contributed by atoms with E-state index in [0.717, 1.165) is 55.1 Å². The number of amides is 4. The van der Waals surface area contributed by atoms with E-state index < -0.39 is 29.1 Å². The van der Waals surface area contributed by atoms with Gasteiger partial charge < -0.3 is 0 Å². The highest BCUT2D eigenvalue weighted by Crippen LogP contribution is 2.64. The fourth-order valence-corrected chi connectivity index (χ4v) is 10.9. The van der Waals surface area contributed by atoms with Gasteiger partial charge in [0.1, 0.15) is 0 Å². The highest BCUT2D eigenvalue weighted by atomic mass is 16.2. The van der Waals surface area contributed by atoms with Crippen molar-refractivity contribution >= 4 is 35.5 Å². The number of anilines is 1. The van der Waals surface area contributed by atoms with Gasteiger partial charge in [0.25, 0.3) is 11.8 Å². The summed E-state index contributed by atoms with van der Waals surface area (Å²) in [6.07, 6.45) is 1.66. The second-order valence-corrected chi connectivity index (χ2v) is 14.9. The van der Waals surface area contributed by atoms with Gasteiger partial charge in [0, 0.05) is 24.0 Å². The van der Waals surface area contributed by atoms with Crippen molar-refractivity contribution in [2.75, 3.05) is 4.90 Å². The molecule has 4 bridgehead atoms. The number of rotatable bonds is 3. The van der Waals surface area contributed by atoms with E-state index in [2.05, 4.69) is 24.3 Å². The average Bonchev–Trinajstić information content (AvgIpc) is 3.59. The van der Waals surface area contributed by atoms with Crippen LogP contribution in [0, 0.1) is 30.6 Å². The highest BCUT2D eigenvalue weighted by molar-refractivity contribution is 6.25. The van der Waals surface area contributed by atoms with E-state index in [-0.39, 0.29) is 41.4 Å². The Labute approximate surface area is 294 Å². The lowest BCUT2D eigenvalue weighted by Crippen LogP contribution is -2.55. The van der Waals surface area contributed by atoms with E-state index in [4.69, 9.17) is 5.10 Å². The molecule has 4 atom stereocenters. The summed E-state index contributed by atoms with van der Waals surface area (Å²) in [5.74, 6) is -4.68. The Balaban J connectivity index is 1.09. The minimum absolute atomic E-state index is 0.243. The number of hydrogen-bond donors (Lipinski definition) is 0. The Morgan fingerprint density at radius 3 is 1.43 bits per heavy atom. The van der Waals surface area contributed by atoms with Gasteiger partial charge in [-0.2, -0.15) is 10.1 Å². The first-order valence-corrected chi connectivity index (χ1v) is 17.7. The molecule has 8 aliphatic rings. The van der Waals surface area contributed by atoms with Crippen LogP contribution in [-0.2, 0) is 24.6 Å². The Hall–Kier alpha value is -5.95. The van der Waals surface area contributed by atoms with Crippen molar-refractivity contribution in [3.8, 4) is 0 Å². The van der Waals surface area contributed by atoms with Crippen molar-refractivity contribution in [3.63, 3.8) is 0 Å². The van der Waals surface area contributed by atoms with Crippen LogP contribution in [0.4, 0.5) is 5.69 Å². The molecule has 7 heteroatoms. The second-order valence-electron chi connectivity index (χ2n) is 14.9. The summed E-state index contributed by atoms with van der Waals surface area (Å²) in [6.45, 7) is 1.97. The Morgan fingerprint density at radius 2 is 0.941 bits per heavy atom. The molecule has 5 aromatic rings. The molecule has 2 heterocycles. The molecule has 2 fully saturated rings. The third-order valence-electron chi connectivity index (χ3n) is 12.8. The molecule has 0 radical (unpaired) electrons. The summed E-state index contributed by atoms with van der Waals surface area (Å²) in [5.41, 5.74) is 8.42. The molecule has 7 nitrogen and oxygen atoms in total. The van der Waals surface area contributed by atoms with Crippen LogP contribution in [0.15, 0.2) is 126 Å². The van der Waals surface area contributed by atoms with Crippen molar-refractivity contribution in [1.29, 1.82) is 0 Å². The van der Waals surface area contributed by atoms with Gasteiger partial charge in [0.2, 0.25) is 11.8 Å². The third-order valence-corrected chi connectivity index (χ3v) is 12.8. The molecular weight excluding hydrogens is 635 g/mol. The molecule has 0 saturated carbocycles. The van der Waals surface area contributed by atoms with Crippen molar-refractivity contribution < 1.29 is 19.2 Å². The monoisotopic (exact) mass is 665 g/mol. The van der Waals surface area contributed by atoms with E-state index in [1.54, 1.807) is 6.21 Å². The van der Waals surface area contributed by atoms with Gasteiger partial charge in [0.05, 0.1) is 34.8 Å². The van der Waals surface area contributed by atoms with Crippen molar-refractivity contribution in [1.82, 2.24) is 5.01 Å². The number of benzene rings is 5. The Morgan fingerprint density at radius 1 is 0.510 bits per heavy atom. The zero-order chi connectivity index (χ0) is 34.3. The Kier molecular flexibility index (Phi) is 5.57. The maximum Gasteiger partial charge on any atom is 0.254 e. The first-order chi connectivity index (χ1) is 24.9. The molecule has 246 valence electrons. The van der Waals surface area contributed by atoms with Gasteiger partial charge in [-0.1, -0.05) is 115 Å². The van der Waals surface area contributed by atoms with Crippen LogP contribution in [0.2, 0.25) is 0 Å². The molecule has 0 unspecified atom stereocenters. The molecule has 51 heavy (non-hydrogen) atoms. The van der Waals surface area contributed by atoms with Crippen LogP contribution in [0.5, 0.6) is 0 Å². The summed E-state index contributed by atoms with van der Waals surface area (Å²) >= 11 is 0. The summed E-state index contributed by atoms with van der Waals surface area (Å²) in [6, 6.07) is 39.7. The fourth-order valence-electron chi connectivity index (χ4n) is 10.9. The first-order valence-electron chi connectivity index (χ1n) is 17.7. The van der Waals surface area contributed by atoms with Gasteiger partial charge in [-0.3, -0.25) is 19.2 Å². The average molecular weight is 666 g/mol. The van der Waals surface area contributed by atoms with Crippen LogP contribution in [0.1, 0.15) is 67.8 Å². The summed E-state index contributed by atoms with van der Waals surface area (Å²) in [7, 11) is 0. The van der Waals surface area contributed by atoms with Crippen molar-refractivity contribution in [2.45, 2.75) is 30.1 Å². The van der Waals surface area contributed by atoms with Gasteiger partial charge in [-0.15, -0.1) is 0 Å². The molecule has 2 aliphatic heterocycles. The zero-order valence-electron chi connectivity index (χ0n) is 27.6. The molecule has 5 aromatic carbocycles. The van der Waals surface area contributed by atoms with Crippen molar-refractivity contribution in [2.24, 2.45) is 28.8 Å². The summed E-state index contributed by atoms with van der Waals surface area (Å²) in [5, 5.41) is 5.96. The lowest BCUT2D eigenvalue weighted by molar-refractivity contribution is -0.140. The number of hydrogen-bond acceptors (Lipinski definition) is 5. The van der Waals surface area contributed by atoms with Crippen LogP contribution >= 0.6 is 0 Å². The number of carbonyl (C=O) groups excluding carboxylic acids is 4. The number of nitrogens with zero attached hydrogens (tertiary/aromatic N) is 3. The number of aryl methyl sites for hydroxylation is 1. The maximum atomic E-state index is 14.8. The fraction of sp³-hybridized carbons (Fsp3) is 0.205. The van der Waals surface area contributed by atoms with E-state index in [1.165, 1.54) is 4.90 Å². The molecule has 2 saturated heterocycles. The molecule has 6 aliphatic carbocycles. The SMILES string of the molecule is Cc1ccc(N2C(=O)[C@@H]3C4c5ccccc5C(/C=N\N5C(=O)[C@@H]6C7c8ccccc8C(c8ccccc87)[C@@H]6C5=O)(c5ccccc54)[C@@H]3C2=O)cc1. The zero-order valence-corrected chi connectivity index (χ0v) is 27.6. The minimum Gasteiger partial charge on any atom is -0.274 e. The topological polar surface area (TPSA) is 87.1 Å². The normalized spacial score (nSPS) is 30.3. The van der Waals surface area contributed by atoms with Crippen LogP contribution in [0.25, 0.3) is 0 Å². The predicted octanol–water partition coefficient (Wildman–Crippen LogP) is 6.42. The predicted molar refractivity (Wildman–Crippen MR) is 190 cm³/mol. The van der Waals surface area contributed by atoms with E-state index >= 15 is 0 Å².